The van der Waals surface area contributed by atoms with Crippen LogP contribution in [-0.4, -0.2) is 29.0 Å². The Kier molecular flexibility index (Phi) is 4.88. The van der Waals surface area contributed by atoms with E-state index < -0.39 is 0 Å². The van der Waals surface area contributed by atoms with Crippen LogP contribution in [0.1, 0.15) is 38.6 Å². The molecule has 0 spiro atoms. The van der Waals surface area contributed by atoms with Crippen LogP contribution in [-0.2, 0) is 0 Å². The van der Waals surface area contributed by atoms with Gasteiger partial charge in [0.1, 0.15) is 0 Å². The number of anilines is 1. The lowest BCUT2D eigenvalue weighted by atomic mass is 9.87. The first-order valence-electron chi connectivity index (χ1n) is 6.98. The highest BCUT2D eigenvalue weighted by Gasteiger charge is 2.22. The molecule has 0 unspecified atom stereocenters. The van der Waals surface area contributed by atoms with Crippen LogP contribution >= 0.6 is 0 Å². The van der Waals surface area contributed by atoms with Crippen LogP contribution in [0.15, 0.2) is 22.4 Å². The minimum Gasteiger partial charge on any atom is -0.322 e. The van der Waals surface area contributed by atoms with E-state index in [0.717, 1.165) is 31.4 Å². The highest BCUT2D eigenvalue weighted by Crippen LogP contribution is 2.31. The molecule has 1 aliphatic carbocycles. The van der Waals surface area contributed by atoms with E-state index in [9.17, 15) is 0 Å². The first-order chi connectivity index (χ1) is 9.76. The zero-order valence-electron chi connectivity index (χ0n) is 11.8. The standard InChI is InChI=1S/C14H20N6/c1-3-17-14(16-2)19-12-9-18-20(10-12)13-6-4-11(8-15)5-7-13/h9-11,13H,2-7H2,1H3,(H,17,19). The number of nitriles is 1. The molecule has 0 bridgehead atoms. The Morgan fingerprint density at radius 2 is 2.30 bits per heavy atom. The average molecular weight is 272 g/mol. The van der Waals surface area contributed by atoms with Crippen molar-refractivity contribution in [1.82, 2.24) is 9.78 Å². The van der Waals surface area contributed by atoms with E-state index in [1.807, 2.05) is 17.8 Å². The fourth-order valence-electron chi connectivity index (χ4n) is 2.48. The van der Waals surface area contributed by atoms with Crippen molar-refractivity contribution in [3.63, 3.8) is 0 Å². The van der Waals surface area contributed by atoms with Gasteiger partial charge in [0.15, 0.2) is 0 Å². The van der Waals surface area contributed by atoms with Gasteiger partial charge in [0.2, 0.25) is 5.96 Å². The van der Waals surface area contributed by atoms with Gasteiger partial charge in [0, 0.05) is 18.7 Å². The highest BCUT2D eigenvalue weighted by molar-refractivity contribution is 5.96. The Morgan fingerprint density at radius 1 is 1.55 bits per heavy atom. The van der Waals surface area contributed by atoms with Crippen molar-refractivity contribution in [2.45, 2.75) is 38.6 Å². The molecule has 106 valence electrons. The third-order valence-corrected chi connectivity index (χ3v) is 3.57. The zero-order valence-corrected chi connectivity index (χ0v) is 11.8. The van der Waals surface area contributed by atoms with Gasteiger partial charge in [-0.25, -0.2) is 4.99 Å². The summed E-state index contributed by atoms with van der Waals surface area (Å²) >= 11 is 0. The minimum absolute atomic E-state index is 0.215. The van der Waals surface area contributed by atoms with Gasteiger partial charge in [-0.2, -0.15) is 10.4 Å². The molecule has 1 saturated carbocycles. The molecule has 1 fully saturated rings. The van der Waals surface area contributed by atoms with Crippen molar-refractivity contribution in [2.24, 2.45) is 15.9 Å². The minimum atomic E-state index is 0.215. The number of nitrogens with one attached hydrogen (secondary N) is 1. The monoisotopic (exact) mass is 272 g/mol. The number of guanidine groups is 1. The molecule has 1 heterocycles. The van der Waals surface area contributed by atoms with Crippen molar-refractivity contribution in [3.8, 4) is 6.07 Å². The van der Waals surface area contributed by atoms with Crippen LogP contribution in [0.2, 0.25) is 0 Å². The Balaban J connectivity index is 1.97. The molecule has 6 heteroatoms. The van der Waals surface area contributed by atoms with Gasteiger partial charge < -0.3 is 5.32 Å². The summed E-state index contributed by atoms with van der Waals surface area (Å²) in [7, 11) is 0. The van der Waals surface area contributed by atoms with Gasteiger partial charge in [-0.15, -0.1) is 0 Å². The zero-order chi connectivity index (χ0) is 14.4. The highest BCUT2D eigenvalue weighted by atomic mass is 15.3. The van der Waals surface area contributed by atoms with Crippen LogP contribution in [0.5, 0.6) is 0 Å². The molecule has 0 saturated heterocycles. The summed E-state index contributed by atoms with van der Waals surface area (Å²) in [6.07, 6.45) is 7.67. The Hall–Kier alpha value is -2.16. The number of nitrogens with zero attached hydrogens (tertiary/aromatic N) is 5. The third-order valence-electron chi connectivity index (χ3n) is 3.57. The maximum atomic E-state index is 8.92. The van der Waals surface area contributed by atoms with Gasteiger partial charge in [0.25, 0.3) is 0 Å². The molecule has 0 atom stereocenters. The van der Waals surface area contributed by atoms with E-state index in [1.165, 1.54) is 0 Å². The Bertz CT molecular complexity index is 516. The van der Waals surface area contributed by atoms with E-state index in [4.69, 9.17) is 5.26 Å². The molecule has 0 radical (unpaired) electrons. The summed E-state index contributed by atoms with van der Waals surface area (Å²) in [5.41, 5.74) is 0.868. The quantitative estimate of drug-likeness (QED) is 0.678. The average Bonchev–Trinajstić information content (AvgIpc) is 2.95. The van der Waals surface area contributed by atoms with Crippen LogP contribution < -0.4 is 5.32 Å². The van der Waals surface area contributed by atoms with E-state index in [1.54, 1.807) is 6.20 Å². The maximum Gasteiger partial charge on any atom is 0.221 e. The molecular weight excluding hydrogens is 252 g/mol. The van der Waals surface area contributed by atoms with Crippen LogP contribution in [0.3, 0.4) is 0 Å². The fourth-order valence-corrected chi connectivity index (χ4v) is 2.48. The second-order valence-corrected chi connectivity index (χ2v) is 4.92. The normalized spacial score (nSPS) is 23.1. The molecule has 0 aliphatic heterocycles. The van der Waals surface area contributed by atoms with Gasteiger partial charge in [-0.05, 0) is 39.3 Å². The maximum absolute atomic E-state index is 8.92. The van der Waals surface area contributed by atoms with Gasteiger partial charge in [0.05, 0.1) is 24.0 Å². The Labute approximate surface area is 119 Å². The SMILES string of the molecule is C=NC(=NCC)Nc1cnn(C2CCC(C#N)CC2)c1. The van der Waals surface area contributed by atoms with Crippen molar-refractivity contribution in [1.29, 1.82) is 5.26 Å². The van der Waals surface area contributed by atoms with Gasteiger partial charge >= 0.3 is 0 Å². The van der Waals surface area contributed by atoms with Crippen molar-refractivity contribution < 1.29 is 0 Å². The molecule has 2 rings (SSSR count). The predicted octanol–water partition coefficient (Wildman–Crippen LogP) is 2.63. The molecule has 0 aromatic carbocycles. The van der Waals surface area contributed by atoms with E-state index in [2.05, 4.69) is 33.2 Å². The first kappa shape index (κ1) is 14.3. The molecule has 20 heavy (non-hydrogen) atoms. The lowest BCUT2D eigenvalue weighted by Crippen LogP contribution is -2.17. The second-order valence-electron chi connectivity index (χ2n) is 4.92. The van der Waals surface area contributed by atoms with Crippen LogP contribution in [0.4, 0.5) is 5.69 Å². The fraction of sp³-hybridized carbons (Fsp3) is 0.571. The smallest absolute Gasteiger partial charge is 0.221 e. The number of aromatic nitrogens is 2. The summed E-state index contributed by atoms with van der Waals surface area (Å²) in [4.78, 5) is 8.02. The summed E-state index contributed by atoms with van der Waals surface area (Å²) in [5.74, 6) is 0.730. The van der Waals surface area contributed by atoms with E-state index >= 15 is 0 Å². The second kappa shape index (κ2) is 6.85. The lowest BCUT2D eigenvalue weighted by Gasteiger charge is -2.24. The largest absolute Gasteiger partial charge is 0.322 e. The topological polar surface area (TPSA) is 78.4 Å². The number of aliphatic imine (C=N–C) groups is 2. The molecule has 1 aliphatic rings. The van der Waals surface area contributed by atoms with Gasteiger partial charge in [-0.1, -0.05) is 0 Å². The predicted molar refractivity (Wildman–Crippen MR) is 80.0 cm³/mol. The third kappa shape index (κ3) is 3.44. The summed E-state index contributed by atoms with van der Waals surface area (Å²) in [6.45, 7) is 6.10. The van der Waals surface area contributed by atoms with Crippen molar-refractivity contribution >= 4 is 18.4 Å². The lowest BCUT2D eigenvalue weighted by molar-refractivity contribution is 0.294. The van der Waals surface area contributed by atoms with Crippen molar-refractivity contribution in [3.05, 3.63) is 12.4 Å². The first-order valence-corrected chi connectivity index (χ1v) is 6.98. The van der Waals surface area contributed by atoms with Gasteiger partial charge in [-0.3, -0.25) is 9.67 Å². The number of hydrogen-bond donors (Lipinski definition) is 1. The molecule has 1 aromatic rings. The molecule has 1 aromatic heterocycles. The summed E-state index contributed by atoms with van der Waals surface area (Å²) in [5, 5.41) is 16.4. The molecule has 1 N–H and O–H groups in total. The molecule has 6 nitrogen and oxygen atoms in total. The number of rotatable bonds is 3. The molecule has 0 amide bonds. The number of hydrogen-bond acceptors (Lipinski definition) is 3. The Morgan fingerprint density at radius 3 is 2.90 bits per heavy atom. The van der Waals surface area contributed by atoms with Crippen LogP contribution in [0.25, 0.3) is 0 Å². The summed E-state index contributed by atoms with van der Waals surface area (Å²) < 4.78 is 1.97. The van der Waals surface area contributed by atoms with Crippen LogP contribution in [0, 0.1) is 17.2 Å². The van der Waals surface area contributed by atoms with E-state index in [0.29, 0.717) is 18.5 Å². The molecular formula is C14H20N6. The van der Waals surface area contributed by atoms with Crippen molar-refractivity contribution in [2.75, 3.05) is 11.9 Å². The summed E-state index contributed by atoms with van der Waals surface area (Å²) in [6, 6.07) is 2.74. The van der Waals surface area contributed by atoms with E-state index in [-0.39, 0.29) is 5.92 Å².